The summed E-state index contributed by atoms with van der Waals surface area (Å²) in [6.45, 7) is 1.15. The minimum Gasteiger partial charge on any atom is -0.492 e. The highest BCUT2D eigenvalue weighted by Crippen LogP contribution is 2.36. The molecule has 0 spiro atoms. The molecule has 9 heteroatoms. The van der Waals surface area contributed by atoms with Gasteiger partial charge in [-0.2, -0.15) is 5.26 Å². The van der Waals surface area contributed by atoms with Crippen LogP contribution in [0.5, 0.6) is 5.75 Å². The van der Waals surface area contributed by atoms with E-state index in [4.69, 9.17) is 4.74 Å². The smallest absolute Gasteiger partial charge is 0.335 e. The molecule has 0 amide bonds. The number of hydrogen-bond acceptors (Lipinski definition) is 6. The Bertz CT molecular complexity index is 1170. The fourth-order valence-electron chi connectivity index (χ4n) is 4.39. The molecule has 32 heavy (non-hydrogen) atoms. The number of ether oxygens (including phenoxy) is 1. The van der Waals surface area contributed by atoms with Gasteiger partial charge in [0.05, 0.1) is 35.2 Å². The molecule has 0 bridgehead atoms. The Labute approximate surface area is 187 Å². The van der Waals surface area contributed by atoms with Crippen molar-refractivity contribution in [1.29, 1.82) is 5.26 Å². The number of nitrogens with zero attached hydrogens (tertiary/aromatic N) is 2. The Hall–Kier alpha value is -3.25. The Morgan fingerprint density at radius 1 is 1.12 bits per heavy atom. The van der Waals surface area contributed by atoms with Crippen LogP contribution in [0.15, 0.2) is 41.3 Å². The highest BCUT2D eigenvalue weighted by Gasteiger charge is 2.28. The second-order valence-corrected chi connectivity index (χ2v) is 9.75. The van der Waals surface area contributed by atoms with E-state index in [2.05, 4.69) is 15.7 Å². The van der Waals surface area contributed by atoms with Gasteiger partial charge in [0.15, 0.2) is 0 Å². The third-order valence-electron chi connectivity index (χ3n) is 5.98. The van der Waals surface area contributed by atoms with E-state index in [0.717, 1.165) is 56.8 Å². The number of rotatable bonds is 1. The van der Waals surface area contributed by atoms with Crippen molar-refractivity contribution in [2.75, 3.05) is 22.8 Å². The number of piperidine rings is 1. The summed E-state index contributed by atoms with van der Waals surface area (Å²) in [6.07, 6.45) is 5.80. The van der Waals surface area contributed by atoms with Crippen molar-refractivity contribution in [1.82, 2.24) is 0 Å². The average molecular weight is 456 g/mol. The summed E-state index contributed by atoms with van der Waals surface area (Å²) in [5, 5.41) is 18.7. The molecule has 2 aliphatic rings. The van der Waals surface area contributed by atoms with Crippen molar-refractivity contribution in [2.45, 2.75) is 49.5 Å². The Morgan fingerprint density at radius 3 is 2.66 bits per heavy atom. The molecule has 1 atom stereocenters. The van der Waals surface area contributed by atoms with Gasteiger partial charge in [0, 0.05) is 12.6 Å². The summed E-state index contributed by atoms with van der Waals surface area (Å²) in [5.74, 6) is -1.12. The number of nitrogens with one attached hydrogen (secondary N) is 1. The number of hydrogen-bond donors (Lipinski definition) is 2. The molecule has 1 saturated heterocycles. The summed E-state index contributed by atoms with van der Waals surface area (Å²) in [5.41, 5.74) is 1.22. The molecule has 1 fully saturated rings. The van der Waals surface area contributed by atoms with Gasteiger partial charge in [-0.3, -0.25) is 4.72 Å². The van der Waals surface area contributed by atoms with Gasteiger partial charge >= 0.3 is 5.97 Å². The monoisotopic (exact) mass is 455 g/mol. The highest BCUT2D eigenvalue weighted by atomic mass is 32.2. The molecule has 8 nitrogen and oxygen atoms in total. The Kier molecular flexibility index (Phi) is 6.24. The topological polar surface area (TPSA) is 120 Å². The van der Waals surface area contributed by atoms with E-state index in [1.54, 1.807) is 12.1 Å². The number of carbonyl (C=O) groups is 1. The molecule has 0 aliphatic carbocycles. The SMILES string of the molecule is N#Cc1ccc2c(c1)NS(=O)(=O)c1cc(C(=O)O)ccc1OCCCCC1CCCCN21. The first kappa shape index (κ1) is 22.0. The van der Waals surface area contributed by atoms with Crippen LogP contribution < -0.4 is 14.4 Å². The van der Waals surface area contributed by atoms with E-state index in [9.17, 15) is 23.6 Å². The fourth-order valence-corrected chi connectivity index (χ4v) is 5.63. The second kappa shape index (κ2) is 9.09. The second-order valence-electron chi connectivity index (χ2n) is 8.10. The van der Waals surface area contributed by atoms with Crippen molar-refractivity contribution in [2.24, 2.45) is 0 Å². The van der Waals surface area contributed by atoms with Crippen molar-refractivity contribution in [3.05, 3.63) is 47.5 Å². The molecule has 2 aromatic carbocycles. The van der Waals surface area contributed by atoms with E-state index in [-0.39, 0.29) is 22.3 Å². The van der Waals surface area contributed by atoms with Crippen molar-refractivity contribution in [3.8, 4) is 11.8 Å². The first-order chi connectivity index (χ1) is 15.4. The van der Waals surface area contributed by atoms with Gasteiger partial charge in [-0.15, -0.1) is 0 Å². The third kappa shape index (κ3) is 4.50. The molecule has 0 aromatic heterocycles. The van der Waals surface area contributed by atoms with Gasteiger partial charge < -0.3 is 14.7 Å². The maximum Gasteiger partial charge on any atom is 0.335 e. The van der Waals surface area contributed by atoms with Crippen molar-refractivity contribution in [3.63, 3.8) is 0 Å². The lowest BCUT2D eigenvalue weighted by atomic mass is 9.96. The molecule has 0 radical (unpaired) electrons. The fraction of sp³-hybridized carbons (Fsp3) is 0.391. The number of sulfonamides is 1. The van der Waals surface area contributed by atoms with Crippen molar-refractivity contribution >= 4 is 27.4 Å². The number of fused-ring (bicyclic) bond motifs is 4. The highest BCUT2D eigenvalue weighted by molar-refractivity contribution is 7.92. The summed E-state index contributed by atoms with van der Waals surface area (Å²) >= 11 is 0. The van der Waals surface area contributed by atoms with Crippen LogP contribution in [0.4, 0.5) is 11.4 Å². The largest absolute Gasteiger partial charge is 0.492 e. The number of anilines is 2. The predicted molar refractivity (Wildman–Crippen MR) is 120 cm³/mol. The van der Waals surface area contributed by atoms with Crippen LogP contribution in [0.2, 0.25) is 0 Å². The first-order valence-electron chi connectivity index (χ1n) is 10.7. The number of aromatic carboxylic acids is 1. The van der Waals surface area contributed by atoms with Gasteiger partial charge in [-0.25, -0.2) is 13.2 Å². The Balaban J connectivity index is 1.85. The zero-order chi connectivity index (χ0) is 22.7. The molecule has 2 aromatic rings. The molecule has 1 unspecified atom stereocenters. The maximum atomic E-state index is 13.4. The minimum atomic E-state index is -4.19. The summed E-state index contributed by atoms with van der Waals surface area (Å²) in [4.78, 5) is 13.5. The van der Waals surface area contributed by atoms with Crippen LogP contribution in [0.25, 0.3) is 0 Å². The quantitative estimate of drug-likeness (QED) is 0.667. The molecule has 2 aliphatic heterocycles. The summed E-state index contributed by atoms with van der Waals surface area (Å²) in [6, 6.07) is 11.2. The van der Waals surface area contributed by atoms with Gasteiger partial charge in [0.1, 0.15) is 10.6 Å². The van der Waals surface area contributed by atoms with E-state index in [1.165, 1.54) is 18.2 Å². The van der Waals surface area contributed by atoms with Crippen LogP contribution in [0.1, 0.15) is 54.4 Å². The van der Waals surface area contributed by atoms with E-state index >= 15 is 0 Å². The van der Waals surface area contributed by atoms with E-state index < -0.39 is 16.0 Å². The van der Waals surface area contributed by atoms with Gasteiger partial charge in [0.25, 0.3) is 10.0 Å². The molecule has 0 saturated carbocycles. The number of nitriles is 1. The standard InChI is InChI=1S/C23H25N3O5S/c24-15-16-7-9-20-19(13-16)25-32(29,30)22-14-17(23(27)28)8-10-21(22)31-12-4-2-6-18-5-1-3-11-26(18)20/h7-10,13-14,18,25H,1-6,11-12H2,(H,27,28). The van der Waals surface area contributed by atoms with Crippen LogP contribution >= 0.6 is 0 Å². The van der Waals surface area contributed by atoms with Crippen molar-refractivity contribution < 1.29 is 23.1 Å². The number of carboxylic acids is 1. The lowest BCUT2D eigenvalue weighted by Crippen LogP contribution is -2.40. The minimum absolute atomic E-state index is 0.109. The zero-order valence-electron chi connectivity index (χ0n) is 17.6. The Morgan fingerprint density at radius 2 is 1.91 bits per heavy atom. The first-order valence-corrected chi connectivity index (χ1v) is 12.2. The molecule has 2 N–H and O–H groups in total. The molecule has 2 heterocycles. The van der Waals surface area contributed by atoms with Crippen LogP contribution in [0, 0.1) is 11.3 Å². The molecular formula is C23H25N3O5S. The van der Waals surface area contributed by atoms with Gasteiger partial charge in [0.2, 0.25) is 0 Å². The summed E-state index contributed by atoms with van der Waals surface area (Å²) < 4.78 is 35.2. The number of carboxylic acid groups (broad SMARTS) is 1. The number of benzene rings is 2. The normalized spacial score (nSPS) is 20.3. The van der Waals surface area contributed by atoms with Crippen LogP contribution in [0.3, 0.4) is 0 Å². The molecule has 4 rings (SSSR count). The summed E-state index contributed by atoms with van der Waals surface area (Å²) in [7, 11) is -4.19. The zero-order valence-corrected chi connectivity index (χ0v) is 18.4. The van der Waals surface area contributed by atoms with Gasteiger partial charge in [-0.1, -0.05) is 0 Å². The average Bonchev–Trinajstić information content (AvgIpc) is 2.79. The lowest BCUT2D eigenvalue weighted by Gasteiger charge is -2.38. The van der Waals surface area contributed by atoms with E-state index in [0.29, 0.717) is 17.9 Å². The predicted octanol–water partition coefficient (Wildman–Crippen LogP) is 3.98. The third-order valence-corrected chi connectivity index (χ3v) is 7.36. The van der Waals surface area contributed by atoms with Crippen LogP contribution in [-0.4, -0.2) is 38.7 Å². The van der Waals surface area contributed by atoms with E-state index in [1.807, 2.05) is 0 Å². The molecular weight excluding hydrogens is 430 g/mol. The van der Waals surface area contributed by atoms with Gasteiger partial charge in [-0.05, 0) is 74.9 Å². The maximum absolute atomic E-state index is 13.4. The molecule has 168 valence electrons. The lowest BCUT2D eigenvalue weighted by molar-refractivity contribution is 0.0696. The van der Waals surface area contributed by atoms with Crippen LogP contribution in [-0.2, 0) is 10.0 Å².